The lowest BCUT2D eigenvalue weighted by Crippen LogP contribution is -2.52. The molecule has 1 aliphatic carbocycles. The summed E-state index contributed by atoms with van der Waals surface area (Å²) in [6.07, 6.45) is 4.27. The van der Waals surface area contributed by atoms with Crippen LogP contribution in [0.4, 0.5) is 0 Å². The fourth-order valence-corrected chi connectivity index (χ4v) is 12.8. The zero-order valence-corrected chi connectivity index (χ0v) is 58.6. The van der Waals surface area contributed by atoms with Gasteiger partial charge < -0.3 is 63.8 Å². The molecule has 0 unspecified atom stereocenters. The number of methoxy groups -OCH3 is 3. The van der Waals surface area contributed by atoms with E-state index in [1.54, 1.807) is 48.4 Å². The summed E-state index contributed by atoms with van der Waals surface area (Å²) < 4.78 is 39.5. The van der Waals surface area contributed by atoms with Crippen molar-refractivity contribution in [3.8, 4) is 40.2 Å². The summed E-state index contributed by atoms with van der Waals surface area (Å²) in [6, 6.07) is 56.4. The Morgan fingerprint density at radius 1 is 0.559 bits per heavy atom. The first-order valence-electron chi connectivity index (χ1n) is 34.7. The van der Waals surface area contributed by atoms with E-state index in [1.165, 1.54) is 19.1 Å². The van der Waals surface area contributed by atoms with Crippen molar-refractivity contribution in [2.45, 2.75) is 109 Å². The highest BCUT2D eigenvalue weighted by Crippen LogP contribution is 2.40. The fourth-order valence-electron chi connectivity index (χ4n) is 12.8. The Hall–Kier alpha value is -10.7. The predicted octanol–water partition coefficient (Wildman–Crippen LogP) is 10.9. The van der Waals surface area contributed by atoms with Crippen molar-refractivity contribution in [1.82, 2.24) is 25.3 Å². The zero-order valence-electron chi connectivity index (χ0n) is 58.6. The average Bonchev–Trinajstić information content (AvgIpc) is 1.61. The van der Waals surface area contributed by atoms with Gasteiger partial charge in [-0.3, -0.25) is 33.7 Å². The zero-order chi connectivity index (χ0) is 71.9. The molecule has 0 bridgehead atoms. The molecule has 1 saturated carbocycles. The molecule has 20 heteroatoms. The van der Waals surface area contributed by atoms with Crippen molar-refractivity contribution in [2.75, 3.05) is 67.5 Å². The van der Waals surface area contributed by atoms with E-state index in [9.17, 15) is 39.0 Å². The summed E-state index contributed by atoms with van der Waals surface area (Å²) in [6.45, 7) is 4.55. The summed E-state index contributed by atoms with van der Waals surface area (Å²) in [4.78, 5) is 85.4. The van der Waals surface area contributed by atoms with Gasteiger partial charge in [0.25, 0.3) is 23.6 Å². The number of carbonyl (C=O) groups excluding carboxylic acids is 6. The molecule has 4 N–H and O–H groups in total. The molecule has 3 aliphatic rings. The van der Waals surface area contributed by atoms with Crippen molar-refractivity contribution in [3.05, 3.63) is 244 Å². The van der Waals surface area contributed by atoms with E-state index in [4.69, 9.17) is 33.2 Å². The number of aryl methyl sites for hydroxylation is 2. The average molecular weight is 1390 g/mol. The second kappa shape index (κ2) is 36.6. The Balaban J connectivity index is 0.000000220. The van der Waals surface area contributed by atoms with E-state index in [-0.39, 0.29) is 69.3 Å². The summed E-state index contributed by atoms with van der Waals surface area (Å²) in [5.41, 5.74) is 7.58. The Labute approximate surface area is 596 Å². The number of rotatable bonds is 32. The molecular formula is C82H91N5O15. The number of amides is 6. The molecule has 11 rings (SSSR count). The lowest BCUT2D eigenvalue weighted by Gasteiger charge is -2.33. The standard InChI is InChI=1S/C42H50N2O7.C40H41N3O8/c1-48-35-21-19-30(20-22-35)23-24-44(42(47)33-17-11-6-12-18-33)28-37(45)36(25-31-13-7-4-8-14-31)43-41(46)34-26-38(49-2)40(39(27-34)50-3)51-29-32-15-9-5-10-16-32;1-26-12-13-27(2)35(20-26)49-24-37(45)41-32(21-28-8-4-3-5-9-28)33(44)23-42(18-16-29-14-15-34-36(22-29)51-25-50-34)38(46)17-19-43-39(47)30-10-6-7-11-31(30)40(43)48/h4-5,7-10,13-16,19-22,26-27,33,36-37,45H,6,11-12,17-18,23-25,28-29H2,1-3H3,(H,43,46);3-15,20,22,32-33,44H,16-19,21,23-25H2,1-2H3,(H,41,45)/t36-,37-;32-,33-/m00/s1. The molecule has 1 fully saturated rings. The Bertz CT molecular complexity index is 4060. The van der Waals surface area contributed by atoms with Crippen LogP contribution in [-0.4, -0.2) is 152 Å². The number of aliphatic hydroxyl groups excluding tert-OH is 2. The Morgan fingerprint density at radius 3 is 1.72 bits per heavy atom. The summed E-state index contributed by atoms with van der Waals surface area (Å²) >= 11 is 0. The van der Waals surface area contributed by atoms with Crippen LogP contribution in [0.5, 0.6) is 40.2 Å². The molecule has 20 nitrogen and oxygen atoms in total. The maximum Gasteiger partial charge on any atom is 0.261 e. The first-order valence-corrected chi connectivity index (χ1v) is 34.7. The first kappa shape index (κ1) is 74.0. The van der Waals surface area contributed by atoms with Crippen LogP contribution in [0.1, 0.15) is 109 Å². The quantitative estimate of drug-likeness (QED) is 0.0287. The van der Waals surface area contributed by atoms with Crippen LogP contribution in [0.15, 0.2) is 188 Å². The van der Waals surface area contributed by atoms with Crippen LogP contribution in [0.3, 0.4) is 0 Å². The highest BCUT2D eigenvalue weighted by atomic mass is 16.7. The van der Waals surface area contributed by atoms with Crippen molar-refractivity contribution in [2.24, 2.45) is 5.92 Å². The van der Waals surface area contributed by atoms with E-state index in [1.807, 2.05) is 166 Å². The number of hydrogen-bond acceptors (Lipinski definition) is 15. The van der Waals surface area contributed by atoms with Crippen molar-refractivity contribution >= 4 is 35.4 Å². The SMILES string of the molecule is COc1ccc(CCN(C[C@H](O)[C@H](Cc2ccccc2)NC(=O)c2cc(OC)c(OCc3ccccc3)c(OC)c2)C(=O)C2CCCCC2)cc1.Cc1ccc(C)c(OCC(=O)N[C@@H](Cc2ccccc2)[C@@H](O)CN(CCc2ccc3c(c2)OCO3)C(=O)CCN2C(=O)c3ccccc3C2=O)c1. The van der Waals surface area contributed by atoms with Gasteiger partial charge >= 0.3 is 0 Å². The van der Waals surface area contributed by atoms with Crippen molar-refractivity contribution in [1.29, 1.82) is 0 Å². The number of hydrogen-bond donors (Lipinski definition) is 4. The molecule has 0 aromatic heterocycles. The van der Waals surface area contributed by atoms with Gasteiger partial charge in [0.2, 0.25) is 24.4 Å². The van der Waals surface area contributed by atoms with Crippen LogP contribution < -0.4 is 43.8 Å². The Morgan fingerprint density at radius 2 is 1.11 bits per heavy atom. The highest BCUT2D eigenvalue weighted by Gasteiger charge is 2.37. The minimum atomic E-state index is -1.17. The van der Waals surface area contributed by atoms with Crippen LogP contribution in [0.2, 0.25) is 0 Å². The number of nitrogens with zero attached hydrogens (tertiary/aromatic N) is 3. The largest absolute Gasteiger partial charge is 0.497 e. The molecule has 0 radical (unpaired) electrons. The monoisotopic (exact) mass is 1390 g/mol. The van der Waals surface area contributed by atoms with Gasteiger partial charge in [-0.25, -0.2) is 0 Å². The van der Waals surface area contributed by atoms with Gasteiger partial charge in [0.1, 0.15) is 18.1 Å². The number of benzene rings is 8. The van der Waals surface area contributed by atoms with Crippen LogP contribution in [0, 0.1) is 19.8 Å². The molecule has 4 atom stereocenters. The van der Waals surface area contributed by atoms with E-state index in [0.29, 0.717) is 84.5 Å². The third-order valence-corrected chi connectivity index (χ3v) is 18.6. The van der Waals surface area contributed by atoms with Crippen molar-refractivity contribution in [3.63, 3.8) is 0 Å². The summed E-state index contributed by atoms with van der Waals surface area (Å²) in [5, 5.41) is 29.6. The molecule has 2 aliphatic heterocycles. The minimum Gasteiger partial charge on any atom is -0.497 e. The van der Waals surface area contributed by atoms with Gasteiger partial charge in [0.15, 0.2) is 29.6 Å². The van der Waals surface area contributed by atoms with E-state index in [2.05, 4.69) is 10.6 Å². The number of fused-ring (bicyclic) bond motifs is 2. The summed E-state index contributed by atoms with van der Waals surface area (Å²) in [7, 11) is 4.66. The van der Waals surface area contributed by atoms with Crippen LogP contribution >= 0.6 is 0 Å². The van der Waals surface area contributed by atoms with Crippen LogP contribution in [0.25, 0.3) is 0 Å². The van der Waals surface area contributed by atoms with Gasteiger partial charge in [0, 0.05) is 50.6 Å². The second-order valence-corrected chi connectivity index (χ2v) is 25.9. The van der Waals surface area contributed by atoms with Gasteiger partial charge in [-0.05, 0) is 146 Å². The highest BCUT2D eigenvalue weighted by molar-refractivity contribution is 6.21. The fraction of sp³-hybridized carbons (Fsp3) is 0.341. The molecule has 2 heterocycles. The predicted molar refractivity (Wildman–Crippen MR) is 386 cm³/mol. The van der Waals surface area contributed by atoms with E-state index >= 15 is 0 Å². The lowest BCUT2D eigenvalue weighted by molar-refractivity contribution is -0.138. The summed E-state index contributed by atoms with van der Waals surface area (Å²) in [5.74, 6) is 1.64. The molecule has 8 aromatic carbocycles. The number of carbonyl (C=O) groups is 6. The third kappa shape index (κ3) is 20.3. The Kier molecular flexibility index (Phi) is 26.5. The number of aliphatic hydroxyl groups is 2. The normalized spacial score (nSPS) is 14.2. The molecule has 6 amide bonds. The third-order valence-electron chi connectivity index (χ3n) is 18.6. The molecule has 8 aromatic rings. The second-order valence-electron chi connectivity index (χ2n) is 25.9. The minimum absolute atomic E-state index is 0.0626. The molecule has 534 valence electrons. The molecular weight excluding hydrogens is 1290 g/mol. The number of nitrogens with one attached hydrogen (secondary N) is 2. The molecule has 0 saturated heterocycles. The van der Waals surface area contributed by atoms with Gasteiger partial charge in [-0.2, -0.15) is 0 Å². The lowest BCUT2D eigenvalue weighted by atomic mass is 9.88. The maximum absolute atomic E-state index is 14.0. The smallest absolute Gasteiger partial charge is 0.261 e. The van der Waals surface area contributed by atoms with E-state index < -0.39 is 47.9 Å². The number of ether oxygens (including phenoxy) is 7. The molecule has 102 heavy (non-hydrogen) atoms. The van der Waals surface area contributed by atoms with Gasteiger partial charge in [-0.1, -0.05) is 153 Å². The van der Waals surface area contributed by atoms with Crippen molar-refractivity contribution < 1.29 is 72.1 Å². The van der Waals surface area contributed by atoms with E-state index in [0.717, 1.165) is 81.7 Å². The topological polar surface area (TPSA) is 241 Å². The van der Waals surface area contributed by atoms with Gasteiger partial charge in [-0.15, -0.1) is 0 Å². The first-order chi connectivity index (χ1) is 49.5. The van der Waals surface area contributed by atoms with Gasteiger partial charge in [0.05, 0.1) is 56.7 Å². The number of imide groups is 1. The maximum atomic E-state index is 14.0. The molecule has 0 spiro atoms. The van der Waals surface area contributed by atoms with Crippen LogP contribution in [-0.2, 0) is 46.7 Å².